The Balaban J connectivity index is 4.74. The molecule has 0 bridgehead atoms. The highest BCUT2D eigenvalue weighted by Gasteiger charge is 2.28. The van der Waals surface area contributed by atoms with E-state index < -0.39 is 57.8 Å². The molecule has 3 unspecified atom stereocenters. The van der Waals surface area contributed by atoms with Crippen molar-refractivity contribution in [3.63, 3.8) is 0 Å². The minimum absolute atomic E-state index is 0.159. The Bertz CT molecular complexity index is 1510. The molecule has 3 atom stereocenters. The van der Waals surface area contributed by atoms with Crippen LogP contribution in [-0.4, -0.2) is 66.5 Å². The average molecular weight is 1090 g/mol. The van der Waals surface area contributed by atoms with Crippen molar-refractivity contribution in [2.75, 3.05) is 26.4 Å². The Morgan fingerprint density at radius 3 is 1.04 bits per heavy atom. The fourth-order valence-electron chi connectivity index (χ4n) is 8.59. The fraction of sp³-hybridized carbons (Fsp3) is 0.797. The summed E-state index contributed by atoms with van der Waals surface area (Å²) in [5.41, 5.74) is 0. The van der Waals surface area contributed by atoms with Crippen molar-refractivity contribution in [3.05, 3.63) is 60.8 Å². The second-order valence-corrected chi connectivity index (χ2v) is 22.3. The van der Waals surface area contributed by atoms with E-state index in [0.29, 0.717) is 19.3 Å². The number of esters is 3. The lowest BCUT2D eigenvalue weighted by atomic mass is 10.1. The molecule has 0 saturated heterocycles. The summed E-state index contributed by atoms with van der Waals surface area (Å²) in [6, 6.07) is 0. The van der Waals surface area contributed by atoms with E-state index in [1.165, 1.54) is 109 Å². The average Bonchev–Trinajstić information content (AvgIpc) is 3.41. The molecular formula is C64H115O11P. The van der Waals surface area contributed by atoms with Crippen molar-refractivity contribution in [2.24, 2.45) is 0 Å². The number of aliphatic hydroxyl groups excluding tert-OH is 1. The van der Waals surface area contributed by atoms with E-state index in [1.807, 2.05) is 0 Å². The number of hydrogen-bond donors (Lipinski definition) is 2. The third kappa shape index (κ3) is 55.9. The molecule has 11 nitrogen and oxygen atoms in total. The molecule has 0 heterocycles. The lowest BCUT2D eigenvalue weighted by Gasteiger charge is -2.21. The molecule has 442 valence electrons. The summed E-state index contributed by atoms with van der Waals surface area (Å²) in [5, 5.41) is 9.82. The van der Waals surface area contributed by atoms with Crippen LogP contribution in [0.3, 0.4) is 0 Å². The predicted octanol–water partition coefficient (Wildman–Crippen LogP) is 18.7. The Morgan fingerprint density at radius 2 is 0.645 bits per heavy atom. The summed E-state index contributed by atoms with van der Waals surface area (Å²) in [4.78, 5) is 48.7. The summed E-state index contributed by atoms with van der Waals surface area (Å²) in [5.74, 6) is -1.48. The second kappa shape index (κ2) is 58.3. The number of hydrogen-bond acceptors (Lipinski definition) is 10. The van der Waals surface area contributed by atoms with Gasteiger partial charge < -0.3 is 24.2 Å². The highest BCUT2D eigenvalue weighted by molar-refractivity contribution is 7.47. The van der Waals surface area contributed by atoms with Crippen molar-refractivity contribution in [2.45, 2.75) is 303 Å². The summed E-state index contributed by atoms with van der Waals surface area (Å²) < 4.78 is 39.6. The van der Waals surface area contributed by atoms with Crippen LogP contribution in [-0.2, 0) is 42.2 Å². The molecule has 2 N–H and O–H groups in total. The fourth-order valence-corrected chi connectivity index (χ4v) is 9.37. The van der Waals surface area contributed by atoms with Crippen LogP contribution in [0.25, 0.3) is 0 Å². The number of phosphoric acid groups is 1. The van der Waals surface area contributed by atoms with E-state index in [9.17, 15) is 28.9 Å². The number of carbonyl (C=O) groups excluding carboxylic acids is 3. The smallest absolute Gasteiger partial charge is 0.462 e. The van der Waals surface area contributed by atoms with Crippen LogP contribution in [0.4, 0.5) is 0 Å². The molecule has 76 heavy (non-hydrogen) atoms. The van der Waals surface area contributed by atoms with Crippen LogP contribution in [0.15, 0.2) is 60.8 Å². The molecule has 0 aromatic heterocycles. The van der Waals surface area contributed by atoms with Crippen LogP contribution < -0.4 is 0 Å². The molecule has 0 aliphatic carbocycles. The van der Waals surface area contributed by atoms with Crippen LogP contribution in [0.2, 0.25) is 0 Å². The Labute approximate surface area is 465 Å². The molecule has 0 aliphatic heterocycles. The second-order valence-electron chi connectivity index (χ2n) is 20.9. The number of phosphoric ester groups is 1. The Hall–Kier alpha value is -2.82. The zero-order valence-electron chi connectivity index (χ0n) is 49.0. The lowest BCUT2D eigenvalue weighted by molar-refractivity contribution is -0.161. The molecule has 0 aliphatic rings. The highest BCUT2D eigenvalue weighted by atomic mass is 31.2. The standard InChI is InChI=1S/C64H115O11P/c1-4-7-10-13-16-19-22-25-27-29-30-32-33-36-38-41-44-47-50-53-62(66)71-57-61(75-64(68)55-52-49-46-43-40-37-34-31-28-26-23-20-17-14-11-8-5-2)59-73-76(69,70)72-58-60(56-65)74-63(67)54-51-48-45-42-39-35-24-21-18-15-12-9-6-3/h16,19,21,24-28,30,32,60-61,65H,4-15,17-18,20,22-23,29,31,33-59H2,1-3H3,(H,69,70)/b19-16-,24-21-,27-25-,28-26-,32-30-. The number of carbonyl (C=O) groups is 3. The largest absolute Gasteiger partial charge is 0.472 e. The first kappa shape index (κ1) is 73.2. The first-order chi connectivity index (χ1) is 37.2. The van der Waals surface area contributed by atoms with Crippen molar-refractivity contribution in [1.29, 1.82) is 0 Å². The van der Waals surface area contributed by atoms with Gasteiger partial charge in [-0.25, -0.2) is 4.57 Å². The van der Waals surface area contributed by atoms with E-state index in [0.717, 1.165) is 122 Å². The number of aliphatic hydroxyl groups is 1. The van der Waals surface area contributed by atoms with Crippen LogP contribution in [0.1, 0.15) is 290 Å². The lowest BCUT2D eigenvalue weighted by Crippen LogP contribution is -2.30. The molecule has 0 amide bonds. The first-order valence-electron chi connectivity index (χ1n) is 31.2. The third-order valence-electron chi connectivity index (χ3n) is 13.4. The Kier molecular flexibility index (Phi) is 56.2. The van der Waals surface area contributed by atoms with Gasteiger partial charge in [0.1, 0.15) is 12.7 Å². The van der Waals surface area contributed by atoms with E-state index in [1.54, 1.807) is 0 Å². The van der Waals surface area contributed by atoms with Crippen LogP contribution in [0, 0.1) is 0 Å². The molecule has 0 aromatic carbocycles. The molecular weight excluding hydrogens is 976 g/mol. The van der Waals surface area contributed by atoms with Gasteiger partial charge in [-0.1, -0.05) is 223 Å². The SMILES string of the molecule is CCCCC/C=C\C/C=C\C/C=C\CCCCCCCCC(=O)OCC(COP(=O)(O)OCC(CO)OC(=O)CCCCCCC/C=C\CCCCCC)OC(=O)CCCCCCCCC/C=C\CCCCCCCC. The quantitative estimate of drug-likeness (QED) is 0.0197. The zero-order chi connectivity index (χ0) is 55.5. The van der Waals surface area contributed by atoms with Crippen LogP contribution >= 0.6 is 7.82 Å². The minimum atomic E-state index is -4.76. The van der Waals surface area contributed by atoms with E-state index in [-0.39, 0.29) is 25.9 Å². The highest BCUT2D eigenvalue weighted by Crippen LogP contribution is 2.43. The zero-order valence-corrected chi connectivity index (χ0v) is 49.9. The van der Waals surface area contributed by atoms with Gasteiger partial charge in [0, 0.05) is 19.3 Å². The summed E-state index contributed by atoms with van der Waals surface area (Å²) in [6.45, 7) is 4.60. The van der Waals surface area contributed by atoms with E-state index >= 15 is 0 Å². The maximum atomic E-state index is 12.9. The van der Waals surface area contributed by atoms with Crippen molar-refractivity contribution >= 4 is 25.7 Å². The molecule has 0 radical (unpaired) electrons. The Morgan fingerprint density at radius 1 is 0.368 bits per heavy atom. The molecule has 0 fully saturated rings. The number of allylic oxidation sites excluding steroid dienone is 10. The van der Waals surface area contributed by atoms with Gasteiger partial charge >= 0.3 is 25.7 Å². The molecule has 0 saturated carbocycles. The monoisotopic (exact) mass is 1090 g/mol. The number of unbranched alkanes of at least 4 members (excludes halogenated alkanes) is 31. The first-order valence-corrected chi connectivity index (χ1v) is 32.7. The van der Waals surface area contributed by atoms with Gasteiger partial charge in [-0.3, -0.25) is 23.4 Å². The van der Waals surface area contributed by atoms with Gasteiger partial charge in [0.2, 0.25) is 0 Å². The topological polar surface area (TPSA) is 155 Å². The molecule has 0 rings (SSSR count). The predicted molar refractivity (Wildman–Crippen MR) is 316 cm³/mol. The molecule has 0 spiro atoms. The summed E-state index contributed by atoms with van der Waals surface area (Å²) >= 11 is 0. The van der Waals surface area contributed by atoms with Crippen molar-refractivity contribution in [3.8, 4) is 0 Å². The van der Waals surface area contributed by atoms with Crippen LogP contribution in [0.5, 0.6) is 0 Å². The molecule has 0 aromatic rings. The summed E-state index contributed by atoms with van der Waals surface area (Å²) in [6.07, 6.45) is 64.5. The number of rotatable bonds is 58. The normalized spacial score (nSPS) is 13.7. The summed E-state index contributed by atoms with van der Waals surface area (Å²) in [7, 11) is -4.76. The maximum Gasteiger partial charge on any atom is 0.472 e. The third-order valence-corrected chi connectivity index (χ3v) is 14.3. The van der Waals surface area contributed by atoms with Gasteiger partial charge in [-0.15, -0.1) is 0 Å². The van der Waals surface area contributed by atoms with Gasteiger partial charge in [-0.05, 0) is 109 Å². The maximum absolute atomic E-state index is 12.9. The van der Waals surface area contributed by atoms with Gasteiger partial charge in [0.25, 0.3) is 0 Å². The number of ether oxygens (including phenoxy) is 3. The molecule has 12 heteroatoms. The minimum Gasteiger partial charge on any atom is -0.462 e. The van der Waals surface area contributed by atoms with Crippen molar-refractivity contribution in [1.82, 2.24) is 0 Å². The van der Waals surface area contributed by atoms with Gasteiger partial charge in [0.05, 0.1) is 19.8 Å². The van der Waals surface area contributed by atoms with E-state index in [2.05, 4.69) is 81.5 Å². The van der Waals surface area contributed by atoms with Crippen molar-refractivity contribution < 1.29 is 52.2 Å². The van der Waals surface area contributed by atoms with E-state index in [4.69, 9.17) is 23.3 Å². The van der Waals surface area contributed by atoms with Gasteiger partial charge in [0.15, 0.2) is 6.10 Å². The van der Waals surface area contributed by atoms with Gasteiger partial charge in [-0.2, -0.15) is 0 Å².